The summed E-state index contributed by atoms with van der Waals surface area (Å²) in [5.74, 6) is 0.471. The minimum Gasteiger partial charge on any atom is -0.392 e. The van der Waals surface area contributed by atoms with Crippen LogP contribution in [0.3, 0.4) is 0 Å². The van der Waals surface area contributed by atoms with Gasteiger partial charge in [0, 0.05) is 12.3 Å². The van der Waals surface area contributed by atoms with Crippen LogP contribution in [0, 0.1) is 5.92 Å². The zero-order chi connectivity index (χ0) is 8.43. The van der Waals surface area contributed by atoms with Crippen molar-refractivity contribution in [3.8, 4) is 0 Å². The Balaban J connectivity index is 2.52. The second kappa shape index (κ2) is 3.55. The van der Waals surface area contributed by atoms with Gasteiger partial charge in [-0.05, 0) is 13.8 Å². The van der Waals surface area contributed by atoms with Crippen LogP contribution in [0.1, 0.15) is 27.2 Å². The molecule has 4 atom stereocenters. The molecule has 1 fully saturated rings. The Morgan fingerprint density at radius 2 is 2.09 bits per heavy atom. The van der Waals surface area contributed by atoms with Gasteiger partial charge in [-0.15, -0.1) is 0 Å². The number of hydrogen-bond donors (Lipinski definition) is 2. The molecule has 0 aromatic carbocycles. The van der Waals surface area contributed by atoms with Crippen molar-refractivity contribution in [1.82, 2.24) is 0 Å². The zero-order valence-electron chi connectivity index (χ0n) is 7.80. The maximum absolute atomic E-state index is 9.55. The molecule has 1 unspecified atom stereocenters. The second-order valence-electron chi connectivity index (χ2n) is 3.77. The van der Waals surface area contributed by atoms with Crippen LogP contribution in [0.25, 0.3) is 0 Å². The Morgan fingerprint density at radius 3 is 2.64 bits per heavy atom. The topological polar surface area (TPSA) is 24.7 Å². The summed E-state index contributed by atoms with van der Waals surface area (Å²) >= 11 is 0. The molecule has 11 heavy (non-hydrogen) atoms. The average molecular weight is 158 g/mol. The van der Waals surface area contributed by atoms with E-state index in [2.05, 4.69) is 20.8 Å². The SMILES string of the molecule is CC[NH+]1CC[C@H](O)[C@H](C)[C@@H]1C. The maximum atomic E-state index is 9.55. The molecule has 0 bridgehead atoms. The number of aliphatic hydroxyl groups is 1. The summed E-state index contributed by atoms with van der Waals surface area (Å²) in [6.07, 6.45) is 0.926. The summed E-state index contributed by atoms with van der Waals surface area (Å²) in [6, 6.07) is 0.628. The molecule has 0 aliphatic carbocycles. The van der Waals surface area contributed by atoms with Gasteiger partial charge in [-0.3, -0.25) is 0 Å². The van der Waals surface area contributed by atoms with Gasteiger partial charge < -0.3 is 10.0 Å². The molecule has 0 aromatic rings. The van der Waals surface area contributed by atoms with Crippen molar-refractivity contribution in [1.29, 1.82) is 0 Å². The molecular formula is C9H20NO+. The van der Waals surface area contributed by atoms with Crippen LogP contribution in [0.15, 0.2) is 0 Å². The fourth-order valence-electron chi connectivity index (χ4n) is 2.03. The predicted molar refractivity (Wildman–Crippen MR) is 45.6 cm³/mol. The first kappa shape index (κ1) is 9.01. The molecule has 0 amide bonds. The van der Waals surface area contributed by atoms with E-state index in [1.54, 1.807) is 4.90 Å². The molecule has 1 saturated heterocycles. The third-order valence-corrected chi connectivity index (χ3v) is 3.25. The van der Waals surface area contributed by atoms with Crippen molar-refractivity contribution >= 4 is 0 Å². The lowest BCUT2D eigenvalue weighted by molar-refractivity contribution is -0.932. The lowest BCUT2D eigenvalue weighted by atomic mass is 9.89. The van der Waals surface area contributed by atoms with Gasteiger partial charge in [0.05, 0.1) is 25.2 Å². The van der Waals surface area contributed by atoms with E-state index in [1.807, 2.05) is 0 Å². The van der Waals surface area contributed by atoms with E-state index in [1.165, 1.54) is 6.54 Å². The van der Waals surface area contributed by atoms with Gasteiger partial charge in [-0.2, -0.15) is 0 Å². The van der Waals surface area contributed by atoms with E-state index in [0.29, 0.717) is 12.0 Å². The number of aliphatic hydroxyl groups excluding tert-OH is 1. The highest BCUT2D eigenvalue weighted by molar-refractivity contribution is 4.72. The third-order valence-electron chi connectivity index (χ3n) is 3.25. The molecule has 2 heteroatoms. The first-order chi connectivity index (χ1) is 5.16. The van der Waals surface area contributed by atoms with Crippen molar-refractivity contribution in [2.75, 3.05) is 13.1 Å². The number of quaternary nitrogens is 1. The molecule has 0 aromatic heterocycles. The number of piperidine rings is 1. The van der Waals surface area contributed by atoms with Gasteiger partial charge in [-0.25, -0.2) is 0 Å². The molecule has 1 aliphatic heterocycles. The fourth-order valence-corrected chi connectivity index (χ4v) is 2.03. The van der Waals surface area contributed by atoms with Crippen LogP contribution < -0.4 is 4.90 Å². The van der Waals surface area contributed by atoms with Crippen molar-refractivity contribution in [3.05, 3.63) is 0 Å². The van der Waals surface area contributed by atoms with Gasteiger partial charge in [0.1, 0.15) is 0 Å². The van der Waals surface area contributed by atoms with Gasteiger partial charge >= 0.3 is 0 Å². The van der Waals surface area contributed by atoms with Crippen LogP contribution in [0.2, 0.25) is 0 Å². The first-order valence-corrected chi connectivity index (χ1v) is 4.69. The fraction of sp³-hybridized carbons (Fsp3) is 1.00. The van der Waals surface area contributed by atoms with Gasteiger partial charge in [0.15, 0.2) is 0 Å². The molecule has 1 heterocycles. The summed E-state index contributed by atoms with van der Waals surface area (Å²) in [4.78, 5) is 1.64. The van der Waals surface area contributed by atoms with Crippen LogP contribution in [-0.4, -0.2) is 30.3 Å². The Morgan fingerprint density at radius 1 is 1.45 bits per heavy atom. The van der Waals surface area contributed by atoms with E-state index >= 15 is 0 Å². The van der Waals surface area contributed by atoms with E-state index in [0.717, 1.165) is 13.0 Å². The molecule has 2 nitrogen and oxygen atoms in total. The minimum absolute atomic E-state index is 0.0553. The van der Waals surface area contributed by atoms with Crippen molar-refractivity contribution in [3.63, 3.8) is 0 Å². The largest absolute Gasteiger partial charge is 0.392 e. The summed E-state index contributed by atoms with van der Waals surface area (Å²) in [6.45, 7) is 8.95. The Labute approximate surface area is 69.2 Å². The molecule has 0 spiro atoms. The average Bonchev–Trinajstić information content (AvgIpc) is 2.01. The molecular weight excluding hydrogens is 138 g/mol. The van der Waals surface area contributed by atoms with Crippen LogP contribution in [-0.2, 0) is 0 Å². The molecule has 0 saturated carbocycles. The quantitative estimate of drug-likeness (QED) is 0.537. The highest BCUT2D eigenvalue weighted by atomic mass is 16.3. The summed E-state index contributed by atoms with van der Waals surface area (Å²) in [7, 11) is 0. The van der Waals surface area contributed by atoms with Crippen LogP contribution in [0.5, 0.6) is 0 Å². The van der Waals surface area contributed by atoms with Crippen molar-refractivity contribution in [2.45, 2.75) is 39.3 Å². The van der Waals surface area contributed by atoms with Crippen LogP contribution in [0.4, 0.5) is 0 Å². The summed E-state index contributed by atoms with van der Waals surface area (Å²) < 4.78 is 0. The Bertz CT molecular complexity index is 125. The zero-order valence-corrected chi connectivity index (χ0v) is 7.80. The van der Waals surface area contributed by atoms with Gasteiger partial charge in [0.25, 0.3) is 0 Å². The third kappa shape index (κ3) is 1.74. The minimum atomic E-state index is -0.0553. The van der Waals surface area contributed by atoms with Crippen molar-refractivity contribution in [2.24, 2.45) is 5.92 Å². The summed E-state index contributed by atoms with van der Waals surface area (Å²) in [5.41, 5.74) is 0. The molecule has 0 radical (unpaired) electrons. The monoisotopic (exact) mass is 158 g/mol. The van der Waals surface area contributed by atoms with Gasteiger partial charge in [0.2, 0.25) is 0 Å². The highest BCUT2D eigenvalue weighted by Gasteiger charge is 2.33. The molecule has 1 rings (SSSR count). The molecule has 66 valence electrons. The molecule has 1 aliphatic rings. The van der Waals surface area contributed by atoms with E-state index in [-0.39, 0.29) is 6.10 Å². The smallest absolute Gasteiger partial charge is 0.0896 e. The normalized spacial score (nSPS) is 45.8. The standard InChI is InChI=1S/C9H19NO/c1-4-10-6-5-9(11)7(2)8(10)3/h7-9,11H,4-6H2,1-3H3/p+1/t7-,8+,9+/m1/s1. The Hall–Kier alpha value is -0.0800. The Kier molecular flexibility index (Phi) is 2.90. The van der Waals surface area contributed by atoms with Crippen LogP contribution >= 0.6 is 0 Å². The second-order valence-corrected chi connectivity index (χ2v) is 3.77. The van der Waals surface area contributed by atoms with Gasteiger partial charge in [-0.1, -0.05) is 6.92 Å². The first-order valence-electron chi connectivity index (χ1n) is 4.69. The number of likely N-dealkylation sites (tertiary alicyclic amines) is 1. The number of hydrogen-bond acceptors (Lipinski definition) is 1. The molecule has 2 N–H and O–H groups in total. The van der Waals surface area contributed by atoms with E-state index in [4.69, 9.17) is 0 Å². The van der Waals surface area contributed by atoms with Crippen molar-refractivity contribution < 1.29 is 10.0 Å². The lowest BCUT2D eigenvalue weighted by Gasteiger charge is -2.37. The number of nitrogens with one attached hydrogen (secondary N) is 1. The van der Waals surface area contributed by atoms with E-state index in [9.17, 15) is 5.11 Å². The predicted octanol–water partition coefficient (Wildman–Crippen LogP) is -0.320. The highest BCUT2D eigenvalue weighted by Crippen LogP contribution is 2.12. The van der Waals surface area contributed by atoms with E-state index < -0.39 is 0 Å². The maximum Gasteiger partial charge on any atom is 0.0896 e. The summed E-state index contributed by atoms with van der Waals surface area (Å²) in [5, 5.41) is 9.55. The lowest BCUT2D eigenvalue weighted by Crippen LogP contribution is -3.17. The number of rotatable bonds is 1.